The monoisotopic (exact) mass is 264 g/mol. The van der Waals surface area contributed by atoms with Crippen molar-refractivity contribution in [3.05, 3.63) is 23.4 Å². The average molecular weight is 264 g/mol. The van der Waals surface area contributed by atoms with Crippen LogP contribution in [0.1, 0.15) is 37.4 Å². The highest BCUT2D eigenvalue weighted by Gasteiger charge is 2.18. The number of hydrogen-bond acceptors (Lipinski definition) is 4. The summed E-state index contributed by atoms with van der Waals surface area (Å²) < 4.78 is 5.98. The molecule has 1 aromatic rings. The van der Waals surface area contributed by atoms with Gasteiger partial charge >= 0.3 is 0 Å². The Labute approximate surface area is 115 Å². The number of aliphatic hydroxyl groups excluding tert-OH is 1. The van der Waals surface area contributed by atoms with E-state index in [1.807, 2.05) is 12.1 Å². The van der Waals surface area contributed by atoms with Gasteiger partial charge in [0, 0.05) is 24.8 Å². The second kappa shape index (κ2) is 6.87. The zero-order valence-electron chi connectivity index (χ0n) is 11.9. The second-order valence-electron chi connectivity index (χ2n) is 5.33. The van der Waals surface area contributed by atoms with E-state index in [0.29, 0.717) is 5.88 Å². The lowest BCUT2D eigenvalue weighted by molar-refractivity contribution is 0.109. The van der Waals surface area contributed by atoms with Gasteiger partial charge in [0.25, 0.3) is 0 Å². The molecule has 2 rings (SSSR count). The van der Waals surface area contributed by atoms with Crippen LogP contribution in [0.4, 0.5) is 0 Å². The zero-order valence-corrected chi connectivity index (χ0v) is 11.9. The summed E-state index contributed by atoms with van der Waals surface area (Å²) in [7, 11) is 2.14. The molecule has 0 aliphatic carbocycles. The van der Waals surface area contributed by atoms with Gasteiger partial charge in [-0.05, 0) is 37.9 Å². The van der Waals surface area contributed by atoms with Crippen LogP contribution in [0.25, 0.3) is 0 Å². The molecule has 1 aliphatic rings. The van der Waals surface area contributed by atoms with Crippen molar-refractivity contribution in [2.24, 2.45) is 0 Å². The molecular weight excluding hydrogens is 240 g/mol. The molecule has 1 fully saturated rings. The number of pyridine rings is 1. The Morgan fingerprint density at radius 3 is 2.74 bits per heavy atom. The van der Waals surface area contributed by atoms with Crippen molar-refractivity contribution in [1.29, 1.82) is 0 Å². The SMILES string of the molecule is CCCc1cc(CO)cc(OC2CCN(C)CC2)n1. The van der Waals surface area contributed by atoms with Crippen molar-refractivity contribution >= 4 is 0 Å². The fourth-order valence-corrected chi connectivity index (χ4v) is 2.43. The Hall–Kier alpha value is -1.13. The van der Waals surface area contributed by atoms with Crippen molar-refractivity contribution in [3.8, 4) is 5.88 Å². The molecule has 4 heteroatoms. The second-order valence-corrected chi connectivity index (χ2v) is 5.33. The third kappa shape index (κ3) is 4.18. The number of likely N-dealkylation sites (tertiary alicyclic amines) is 1. The quantitative estimate of drug-likeness (QED) is 0.883. The number of aliphatic hydroxyl groups is 1. The predicted octanol–water partition coefficient (Wildman–Crippen LogP) is 2.00. The molecule has 19 heavy (non-hydrogen) atoms. The first-order valence-electron chi connectivity index (χ1n) is 7.17. The highest BCUT2D eigenvalue weighted by atomic mass is 16.5. The van der Waals surface area contributed by atoms with Gasteiger partial charge in [-0.1, -0.05) is 13.3 Å². The van der Waals surface area contributed by atoms with Crippen LogP contribution < -0.4 is 4.74 Å². The van der Waals surface area contributed by atoms with E-state index in [-0.39, 0.29) is 12.7 Å². The number of ether oxygens (including phenoxy) is 1. The fraction of sp³-hybridized carbons (Fsp3) is 0.667. The van der Waals surface area contributed by atoms with E-state index in [1.54, 1.807) is 0 Å². The predicted molar refractivity (Wildman–Crippen MR) is 75.3 cm³/mol. The summed E-state index contributed by atoms with van der Waals surface area (Å²) in [5.41, 5.74) is 1.90. The number of piperidine rings is 1. The molecule has 0 bridgehead atoms. The lowest BCUT2D eigenvalue weighted by Crippen LogP contribution is -2.35. The maximum absolute atomic E-state index is 9.31. The standard InChI is InChI=1S/C15H24N2O2/c1-3-4-13-9-12(11-18)10-15(16-13)19-14-5-7-17(2)8-6-14/h9-10,14,18H,3-8,11H2,1-2H3. The average Bonchev–Trinajstić information content (AvgIpc) is 2.41. The van der Waals surface area contributed by atoms with Crippen LogP contribution in [0.5, 0.6) is 5.88 Å². The van der Waals surface area contributed by atoms with E-state index in [4.69, 9.17) is 4.74 Å². The summed E-state index contributed by atoms with van der Waals surface area (Å²) in [4.78, 5) is 6.86. The minimum absolute atomic E-state index is 0.0446. The Bertz CT molecular complexity index is 401. The fourth-order valence-electron chi connectivity index (χ4n) is 2.43. The van der Waals surface area contributed by atoms with Crippen LogP contribution in [0.3, 0.4) is 0 Å². The molecule has 0 saturated carbocycles. The Balaban J connectivity index is 2.04. The topological polar surface area (TPSA) is 45.6 Å². The summed E-state index contributed by atoms with van der Waals surface area (Å²) >= 11 is 0. The minimum atomic E-state index is 0.0446. The van der Waals surface area contributed by atoms with E-state index in [1.165, 1.54) is 0 Å². The summed E-state index contributed by atoms with van der Waals surface area (Å²) in [5, 5.41) is 9.31. The highest BCUT2D eigenvalue weighted by Crippen LogP contribution is 2.19. The lowest BCUT2D eigenvalue weighted by atomic mass is 10.1. The first kappa shape index (κ1) is 14.3. The molecule has 1 aromatic heterocycles. The Kier molecular flexibility index (Phi) is 5.16. The zero-order chi connectivity index (χ0) is 13.7. The van der Waals surface area contributed by atoms with Gasteiger partial charge < -0.3 is 14.7 Å². The molecule has 1 aliphatic heterocycles. The van der Waals surface area contributed by atoms with E-state index in [9.17, 15) is 5.11 Å². The molecule has 2 heterocycles. The summed E-state index contributed by atoms with van der Waals surface area (Å²) in [6, 6.07) is 3.82. The van der Waals surface area contributed by atoms with E-state index < -0.39 is 0 Å². The van der Waals surface area contributed by atoms with Crippen LogP contribution in [0.2, 0.25) is 0 Å². The molecule has 1 saturated heterocycles. The number of rotatable bonds is 5. The molecule has 106 valence electrons. The first-order chi connectivity index (χ1) is 9.21. The normalized spacial score (nSPS) is 17.6. The molecule has 0 amide bonds. The number of aryl methyl sites for hydroxylation is 1. The minimum Gasteiger partial charge on any atom is -0.474 e. The molecule has 0 unspecified atom stereocenters. The van der Waals surface area contributed by atoms with Crippen molar-refractivity contribution in [3.63, 3.8) is 0 Å². The highest BCUT2D eigenvalue weighted by molar-refractivity contribution is 5.25. The van der Waals surface area contributed by atoms with Crippen LogP contribution in [0.15, 0.2) is 12.1 Å². The van der Waals surface area contributed by atoms with Gasteiger partial charge in [-0.25, -0.2) is 4.98 Å². The third-order valence-electron chi connectivity index (χ3n) is 3.56. The molecule has 0 aromatic carbocycles. The largest absolute Gasteiger partial charge is 0.474 e. The van der Waals surface area contributed by atoms with Crippen molar-refractivity contribution < 1.29 is 9.84 Å². The number of nitrogens with zero attached hydrogens (tertiary/aromatic N) is 2. The molecule has 1 N–H and O–H groups in total. The van der Waals surface area contributed by atoms with Gasteiger partial charge in [0.05, 0.1) is 6.61 Å². The van der Waals surface area contributed by atoms with E-state index in [2.05, 4.69) is 23.9 Å². The molecule has 0 atom stereocenters. The summed E-state index contributed by atoms with van der Waals surface area (Å²) in [5.74, 6) is 0.671. The molecule has 0 spiro atoms. The Morgan fingerprint density at radius 2 is 2.11 bits per heavy atom. The van der Waals surface area contributed by atoms with Gasteiger partial charge in [0.15, 0.2) is 0 Å². The van der Waals surface area contributed by atoms with Crippen molar-refractivity contribution in [2.75, 3.05) is 20.1 Å². The maximum Gasteiger partial charge on any atom is 0.214 e. The van der Waals surface area contributed by atoms with Crippen LogP contribution in [-0.4, -0.2) is 41.2 Å². The third-order valence-corrected chi connectivity index (χ3v) is 3.56. The smallest absolute Gasteiger partial charge is 0.214 e. The number of aromatic nitrogens is 1. The first-order valence-corrected chi connectivity index (χ1v) is 7.17. The summed E-state index contributed by atoms with van der Waals surface area (Å²) in [6.45, 7) is 4.33. The van der Waals surface area contributed by atoms with Crippen molar-refractivity contribution in [1.82, 2.24) is 9.88 Å². The van der Waals surface area contributed by atoms with Gasteiger partial charge in [0.2, 0.25) is 5.88 Å². The van der Waals surface area contributed by atoms with Crippen LogP contribution >= 0.6 is 0 Å². The van der Waals surface area contributed by atoms with E-state index >= 15 is 0 Å². The van der Waals surface area contributed by atoms with Crippen molar-refractivity contribution in [2.45, 2.75) is 45.3 Å². The summed E-state index contributed by atoms with van der Waals surface area (Å²) in [6.07, 6.45) is 4.33. The molecule has 4 nitrogen and oxygen atoms in total. The van der Waals surface area contributed by atoms with Gasteiger partial charge in [-0.2, -0.15) is 0 Å². The van der Waals surface area contributed by atoms with Gasteiger partial charge in [-0.3, -0.25) is 0 Å². The maximum atomic E-state index is 9.31. The van der Waals surface area contributed by atoms with Gasteiger partial charge in [0.1, 0.15) is 6.10 Å². The molecule has 0 radical (unpaired) electrons. The van der Waals surface area contributed by atoms with Crippen LogP contribution in [-0.2, 0) is 13.0 Å². The van der Waals surface area contributed by atoms with Gasteiger partial charge in [-0.15, -0.1) is 0 Å². The molecular formula is C15H24N2O2. The van der Waals surface area contributed by atoms with Crippen LogP contribution in [0, 0.1) is 0 Å². The van der Waals surface area contributed by atoms with E-state index in [0.717, 1.165) is 50.0 Å². The Morgan fingerprint density at radius 1 is 1.37 bits per heavy atom. The number of hydrogen-bond donors (Lipinski definition) is 1. The lowest BCUT2D eigenvalue weighted by Gasteiger charge is -2.29.